The summed E-state index contributed by atoms with van der Waals surface area (Å²) >= 11 is 0. The van der Waals surface area contributed by atoms with Crippen LogP contribution in [-0.2, 0) is 16.6 Å². The highest BCUT2D eigenvalue weighted by Crippen LogP contribution is 2.28. The maximum Gasteiger partial charge on any atom is 0.258 e. The van der Waals surface area contributed by atoms with Crippen molar-refractivity contribution in [1.82, 2.24) is 15.1 Å². The highest BCUT2D eigenvalue weighted by molar-refractivity contribution is 5.78. The number of nitrogens with zero attached hydrogens (tertiary/aromatic N) is 2. The van der Waals surface area contributed by atoms with Gasteiger partial charge in [-0.05, 0) is 37.1 Å². The summed E-state index contributed by atoms with van der Waals surface area (Å²) in [6, 6.07) is 9.51. The fourth-order valence-electron chi connectivity index (χ4n) is 2.79. The summed E-state index contributed by atoms with van der Waals surface area (Å²) < 4.78 is 13.1. The molecule has 23 heavy (non-hydrogen) atoms. The summed E-state index contributed by atoms with van der Waals surface area (Å²) in [5.41, 5.74) is 2.07. The highest BCUT2D eigenvalue weighted by atomic mass is 16.5. The monoisotopic (exact) mass is 315 g/mol. The van der Waals surface area contributed by atoms with Gasteiger partial charge in [0.2, 0.25) is 0 Å². The number of amides is 1. The van der Waals surface area contributed by atoms with Crippen LogP contribution < -0.4 is 10.1 Å². The molecule has 1 saturated heterocycles. The Hall–Kier alpha value is -2.34. The molecule has 0 saturated carbocycles. The minimum atomic E-state index is -0.162. The van der Waals surface area contributed by atoms with Crippen molar-refractivity contribution in [3.63, 3.8) is 0 Å². The Bertz CT molecular complexity index is 683. The number of hydrogen-bond acceptors (Lipinski definition) is 4. The van der Waals surface area contributed by atoms with Crippen LogP contribution >= 0.6 is 0 Å². The number of ether oxygens (including phenoxy) is 2. The van der Waals surface area contributed by atoms with E-state index >= 15 is 0 Å². The summed E-state index contributed by atoms with van der Waals surface area (Å²) in [6.07, 6.45) is 2.35. The molecule has 1 amide bonds. The molecule has 0 spiro atoms. The number of aryl methyl sites for hydroxylation is 2. The van der Waals surface area contributed by atoms with E-state index in [9.17, 15) is 4.79 Å². The first-order valence-corrected chi connectivity index (χ1v) is 7.72. The SMILES string of the molecule is Cc1cccc(OCC(=O)N[C@H]2CCO[C@@H]2c2ccnn2C)c1. The zero-order chi connectivity index (χ0) is 16.2. The minimum Gasteiger partial charge on any atom is -0.484 e. The smallest absolute Gasteiger partial charge is 0.258 e. The Morgan fingerprint density at radius 2 is 2.35 bits per heavy atom. The van der Waals surface area contributed by atoms with E-state index in [2.05, 4.69) is 10.4 Å². The van der Waals surface area contributed by atoms with Crippen LogP contribution in [0.4, 0.5) is 0 Å². The van der Waals surface area contributed by atoms with Crippen molar-refractivity contribution in [2.45, 2.75) is 25.5 Å². The third kappa shape index (κ3) is 3.71. The zero-order valence-corrected chi connectivity index (χ0v) is 13.4. The molecular formula is C17H21N3O3. The first kappa shape index (κ1) is 15.6. The number of aromatic nitrogens is 2. The van der Waals surface area contributed by atoms with Gasteiger partial charge < -0.3 is 14.8 Å². The van der Waals surface area contributed by atoms with Gasteiger partial charge in [0.1, 0.15) is 11.9 Å². The molecule has 2 heterocycles. The maximum absolute atomic E-state index is 12.1. The van der Waals surface area contributed by atoms with Gasteiger partial charge in [-0.25, -0.2) is 0 Å². The van der Waals surface area contributed by atoms with Crippen LogP contribution in [0.3, 0.4) is 0 Å². The Labute approximate surface area is 135 Å². The maximum atomic E-state index is 12.1. The standard InChI is InChI=1S/C17H21N3O3/c1-12-4-3-5-13(10-12)23-11-16(21)19-14-7-9-22-17(14)15-6-8-18-20(15)2/h3-6,8,10,14,17H,7,9,11H2,1-2H3,(H,19,21)/t14-,17-/m0/s1. The predicted octanol–water partition coefficient (Wildman–Crippen LogP) is 1.75. The first-order chi connectivity index (χ1) is 11.1. The number of carbonyl (C=O) groups excluding carboxylic acids is 1. The van der Waals surface area contributed by atoms with E-state index in [-0.39, 0.29) is 24.7 Å². The zero-order valence-electron chi connectivity index (χ0n) is 13.4. The summed E-state index contributed by atoms with van der Waals surface area (Å²) in [7, 11) is 1.87. The lowest BCUT2D eigenvalue weighted by atomic mass is 10.1. The quantitative estimate of drug-likeness (QED) is 0.913. The largest absolute Gasteiger partial charge is 0.484 e. The highest BCUT2D eigenvalue weighted by Gasteiger charge is 2.32. The number of rotatable bonds is 5. The van der Waals surface area contributed by atoms with Gasteiger partial charge in [-0.3, -0.25) is 9.48 Å². The first-order valence-electron chi connectivity index (χ1n) is 7.72. The summed E-state index contributed by atoms with van der Waals surface area (Å²) in [5, 5.41) is 7.16. The van der Waals surface area contributed by atoms with E-state index in [1.54, 1.807) is 10.9 Å². The fraction of sp³-hybridized carbons (Fsp3) is 0.412. The van der Waals surface area contributed by atoms with Crippen LogP contribution in [0.25, 0.3) is 0 Å². The van der Waals surface area contributed by atoms with E-state index in [0.717, 1.165) is 17.7 Å². The van der Waals surface area contributed by atoms with E-state index in [1.807, 2.05) is 44.3 Å². The minimum absolute atomic E-state index is 0.00192. The fourth-order valence-corrected chi connectivity index (χ4v) is 2.79. The molecule has 1 N–H and O–H groups in total. The van der Waals surface area contributed by atoms with E-state index in [0.29, 0.717) is 12.4 Å². The van der Waals surface area contributed by atoms with Crippen molar-refractivity contribution in [2.24, 2.45) is 7.05 Å². The second-order valence-electron chi connectivity index (χ2n) is 5.74. The Morgan fingerprint density at radius 3 is 3.09 bits per heavy atom. The average molecular weight is 315 g/mol. The van der Waals surface area contributed by atoms with Crippen LogP contribution in [-0.4, -0.2) is 34.9 Å². The molecule has 122 valence electrons. The number of benzene rings is 1. The van der Waals surface area contributed by atoms with Crippen LogP contribution in [0, 0.1) is 6.92 Å². The summed E-state index contributed by atoms with van der Waals surface area (Å²) in [4.78, 5) is 12.1. The molecule has 1 aliphatic rings. The molecule has 2 aromatic rings. The number of hydrogen-bond donors (Lipinski definition) is 1. The van der Waals surface area contributed by atoms with Gasteiger partial charge in [0.05, 0.1) is 11.7 Å². The van der Waals surface area contributed by atoms with Crippen molar-refractivity contribution in [2.75, 3.05) is 13.2 Å². The van der Waals surface area contributed by atoms with E-state index < -0.39 is 0 Å². The molecule has 3 rings (SSSR count). The molecule has 2 atom stereocenters. The third-order valence-electron chi connectivity index (χ3n) is 3.95. The molecule has 6 heteroatoms. The molecule has 0 radical (unpaired) electrons. The lowest BCUT2D eigenvalue weighted by Gasteiger charge is -2.20. The lowest BCUT2D eigenvalue weighted by Crippen LogP contribution is -2.40. The van der Waals surface area contributed by atoms with Gasteiger partial charge in [0, 0.05) is 19.9 Å². The van der Waals surface area contributed by atoms with Crippen LogP contribution in [0.5, 0.6) is 5.75 Å². The topological polar surface area (TPSA) is 65.4 Å². The van der Waals surface area contributed by atoms with Crippen LogP contribution in [0.1, 0.15) is 23.8 Å². The average Bonchev–Trinajstić information content (AvgIpc) is 3.14. The van der Waals surface area contributed by atoms with Crippen molar-refractivity contribution in [1.29, 1.82) is 0 Å². The predicted molar refractivity (Wildman–Crippen MR) is 85.1 cm³/mol. The molecule has 6 nitrogen and oxygen atoms in total. The second-order valence-corrected chi connectivity index (χ2v) is 5.74. The van der Waals surface area contributed by atoms with Crippen molar-refractivity contribution in [3.05, 3.63) is 47.8 Å². The normalized spacial score (nSPS) is 20.4. The van der Waals surface area contributed by atoms with Gasteiger partial charge in [0.25, 0.3) is 5.91 Å². The van der Waals surface area contributed by atoms with Crippen LogP contribution in [0.15, 0.2) is 36.5 Å². The van der Waals surface area contributed by atoms with E-state index in [4.69, 9.17) is 9.47 Å². The second kappa shape index (κ2) is 6.83. The Kier molecular flexibility index (Phi) is 4.62. The van der Waals surface area contributed by atoms with Crippen molar-refractivity contribution >= 4 is 5.91 Å². The van der Waals surface area contributed by atoms with Crippen LogP contribution in [0.2, 0.25) is 0 Å². The Balaban J connectivity index is 1.56. The molecule has 0 unspecified atom stereocenters. The molecular weight excluding hydrogens is 294 g/mol. The summed E-state index contributed by atoms with van der Waals surface area (Å²) in [6.45, 7) is 2.61. The molecule has 1 aromatic carbocycles. The van der Waals surface area contributed by atoms with Gasteiger partial charge in [-0.1, -0.05) is 12.1 Å². The number of carbonyl (C=O) groups is 1. The number of nitrogens with one attached hydrogen (secondary N) is 1. The molecule has 0 aliphatic carbocycles. The van der Waals surface area contributed by atoms with Crippen molar-refractivity contribution in [3.8, 4) is 5.75 Å². The van der Waals surface area contributed by atoms with Crippen molar-refractivity contribution < 1.29 is 14.3 Å². The molecule has 1 aromatic heterocycles. The van der Waals surface area contributed by atoms with E-state index in [1.165, 1.54) is 0 Å². The van der Waals surface area contributed by atoms with Gasteiger partial charge in [-0.15, -0.1) is 0 Å². The third-order valence-corrected chi connectivity index (χ3v) is 3.95. The lowest BCUT2D eigenvalue weighted by molar-refractivity contribution is -0.124. The summed E-state index contributed by atoms with van der Waals surface area (Å²) in [5.74, 6) is 0.556. The molecule has 1 fully saturated rings. The molecule has 1 aliphatic heterocycles. The van der Waals surface area contributed by atoms with Gasteiger partial charge in [0.15, 0.2) is 6.61 Å². The van der Waals surface area contributed by atoms with Gasteiger partial charge >= 0.3 is 0 Å². The molecule has 0 bridgehead atoms. The Morgan fingerprint density at radius 1 is 1.48 bits per heavy atom. The van der Waals surface area contributed by atoms with Gasteiger partial charge in [-0.2, -0.15) is 5.10 Å².